The Balaban J connectivity index is 2.14. The van der Waals surface area contributed by atoms with Crippen molar-refractivity contribution < 1.29 is 9.18 Å². The zero-order valence-electron chi connectivity index (χ0n) is 10.2. The first-order valence-electron chi connectivity index (χ1n) is 5.74. The Labute approximate surface area is 110 Å². The van der Waals surface area contributed by atoms with E-state index >= 15 is 0 Å². The third-order valence-electron chi connectivity index (χ3n) is 2.77. The Kier molecular flexibility index (Phi) is 3.66. The van der Waals surface area contributed by atoms with Crippen LogP contribution in [-0.2, 0) is 6.54 Å². The van der Waals surface area contributed by atoms with E-state index in [0.29, 0.717) is 17.9 Å². The van der Waals surface area contributed by atoms with Crippen molar-refractivity contribution >= 4 is 17.3 Å². The molecule has 2 aromatic carbocycles. The molecule has 19 heavy (non-hydrogen) atoms. The van der Waals surface area contributed by atoms with Crippen LogP contribution < -0.4 is 16.8 Å². The van der Waals surface area contributed by atoms with Crippen LogP contribution in [0.25, 0.3) is 0 Å². The fourth-order valence-electron chi connectivity index (χ4n) is 1.72. The van der Waals surface area contributed by atoms with E-state index in [1.807, 2.05) is 18.2 Å². The molecule has 98 valence electrons. The molecular weight excluding hydrogens is 245 g/mol. The zero-order valence-corrected chi connectivity index (χ0v) is 10.2. The van der Waals surface area contributed by atoms with Gasteiger partial charge >= 0.3 is 0 Å². The first-order chi connectivity index (χ1) is 9.08. The Morgan fingerprint density at radius 1 is 1.21 bits per heavy atom. The van der Waals surface area contributed by atoms with Crippen molar-refractivity contribution in [3.05, 3.63) is 59.4 Å². The molecule has 0 heterocycles. The highest BCUT2D eigenvalue weighted by atomic mass is 19.1. The highest BCUT2D eigenvalue weighted by molar-refractivity contribution is 5.94. The number of nitrogens with two attached hydrogens (primary N) is 2. The number of nitrogens with one attached hydrogen (secondary N) is 1. The molecule has 1 amide bonds. The lowest BCUT2D eigenvalue weighted by atomic mass is 10.1. The van der Waals surface area contributed by atoms with Crippen LogP contribution >= 0.6 is 0 Å². The van der Waals surface area contributed by atoms with Gasteiger partial charge in [-0.1, -0.05) is 18.2 Å². The molecule has 5 N–H and O–H groups in total. The summed E-state index contributed by atoms with van der Waals surface area (Å²) in [6, 6.07) is 11.6. The zero-order chi connectivity index (χ0) is 13.8. The molecule has 5 heteroatoms. The largest absolute Gasteiger partial charge is 0.398 e. The summed E-state index contributed by atoms with van der Waals surface area (Å²) in [4.78, 5) is 11.0. The molecule has 0 saturated heterocycles. The van der Waals surface area contributed by atoms with E-state index in [1.165, 1.54) is 12.1 Å². The second-order valence-corrected chi connectivity index (χ2v) is 4.11. The van der Waals surface area contributed by atoms with Crippen LogP contribution in [0.5, 0.6) is 0 Å². The number of amides is 1. The highest BCUT2D eigenvalue weighted by Gasteiger charge is 2.08. The van der Waals surface area contributed by atoms with E-state index in [4.69, 9.17) is 11.5 Å². The molecule has 0 radical (unpaired) electrons. The van der Waals surface area contributed by atoms with Crippen LogP contribution in [0.15, 0.2) is 42.5 Å². The van der Waals surface area contributed by atoms with Gasteiger partial charge in [-0.2, -0.15) is 0 Å². The van der Waals surface area contributed by atoms with E-state index in [2.05, 4.69) is 5.32 Å². The number of hydrogen-bond acceptors (Lipinski definition) is 3. The maximum absolute atomic E-state index is 13.3. The minimum Gasteiger partial charge on any atom is -0.398 e. The monoisotopic (exact) mass is 259 g/mol. The molecule has 2 rings (SSSR count). The van der Waals surface area contributed by atoms with Gasteiger partial charge in [-0.15, -0.1) is 0 Å². The summed E-state index contributed by atoms with van der Waals surface area (Å²) >= 11 is 0. The molecule has 0 saturated carbocycles. The van der Waals surface area contributed by atoms with Crippen LogP contribution in [0.2, 0.25) is 0 Å². The summed E-state index contributed by atoms with van der Waals surface area (Å²) in [5, 5.41) is 3.07. The van der Waals surface area contributed by atoms with Gasteiger partial charge in [0.05, 0.1) is 5.56 Å². The predicted molar refractivity (Wildman–Crippen MR) is 73.1 cm³/mol. The molecule has 0 bridgehead atoms. The second kappa shape index (κ2) is 5.39. The lowest BCUT2D eigenvalue weighted by Gasteiger charge is -2.09. The number of carbonyl (C=O) groups excluding carboxylic acids is 1. The van der Waals surface area contributed by atoms with Gasteiger partial charge in [0, 0.05) is 17.9 Å². The molecule has 0 unspecified atom stereocenters. The van der Waals surface area contributed by atoms with Crippen LogP contribution in [0.3, 0.4) is 0 Å². The van der Waals surface area contributed by atoms with Crippen LogP contribution in [-0.4, -0.2) is 5.91 Å². The van der Waals surface area contributed by atoms with Crippen molar-refractivity contribution in [3.8, 4) is 0 Å². The number of nitrogen functional groups attached to an aromatic ring is 1. The Hall–Kier alpha value is -2.56. The predicted octanol–water partition coefficient (Wildman–Crippen LogP) is 2.12. The van der Waals surface area contributed by atoms with Crippen molar-refractivity contribution in [2.24, 2.45) is 5.73 Å². The molecule has 4 nitrogen and oxygen atoms in total. The maximum atomic E-state index is 13.3. The second-order valence-electron chi connectivity index (χ2n) is 4.11. The van der Waals surface area contributed by atoms with E-state index in [0.717, 1.165) is 5.56 Å². The third-order valence-corrected chi connectivity index (χ3v) is 2.77. The first kappa shape index (κ1) is 12.9. The van der Waals surface area contributed by atoms with E-state index in [-0.39, 0.29) is 5.56 Å². The van der Waals surface area contributed by atoms with Crippen molar-refractivity contribution in [1.29, 1.82) is 0 Å². The van der Waals surface area contributed by atoms with E-state index < -0.39 is 11.7 Å². The molecule has 0 aliphatic heterocycles. The smallest absolute Gasteiger partial charge is 0.251 e. The van der Waals surface area contributed by atoms with E-state index in [1.54, 1.807) is 12.1 Å². The van der Waals surface area contributed by atoms with Crippen LogP contribution in [0.4, 0.5) is 15.8 Å². The van der Waals surface area contributed by atoms with Gasteiger partial charge in [-0.3, -0.25) is 4.79 Å². The van der Waals surface area contributed by atoms with Gasteiger partial charge in [0.2, 0.25) is 0 Å². The first-order valence-corrected chi connectivity index (χ1v) is 5.74. The average molecular weight is 259 g/mol. The number of hydrogen-bond donors (Lipinski definition) is 3. The average Bonchev–Trinajstić information content (AvgIpc) is 2.39. The lowest BCUT2D eigenvalue weighted by Crippen LogP contribution is -2.13. The summed E-state index contributed by atoms with van der Waals surface area (Å²) in [5.74, 6) is -1.42. The number of anilines is 2. The molecule has 0 atom stereocenters. The summed E-state index contributed by atoms with van der Waals surface area (Å²) in [6.07, 6.45) is 0. The molecule has 0 aliphatic carbocycles. The highest BCUT2D eigenvalue weighted by Crippen LogP contribution is 2.17. The van der Waals surface area contributed by atoms with E-state index in [9.17, 15) is 9.18 Å². The quantitative estimate of drug-likeness (QED) is 0.736. The molecule has 0 aromatic heterocycles. The van der Waals surface area contributed by atoms with Crippen molar-refractivity contribution in [3.63, 3.8) is 0 Å². The van der Waals surface area contributed by atoms with Crippen LogP contribution in [0.1, 0.15) is 15.9 Å². The summed E-state index contributed by atoms with van der Waals surface area (Å²) in [6.45, 7) is 0.483. The SMILES string of the molecule is NC(=O)c1cc(NCc2ccccc2N)ccc1F. The number of carbonyl (C=O) groups is 1. The number of rotatable bonds is 4. The number of para-hydroxylation sites is 1. The molecule has 0 fully saturated rings. The van der Waals surface area contributed by atoms with Gasteiger partial charge in [0.25, 0.3) is 5.91 Å². The minimum atomic E-state index is -0.791. The van der Waals surface area contributed by atoms with Crippen molar-refractivity contribution in [1.82, 2.24) is 0 Å². The van der Waals surface area contributed by atoms with Gasteiger partial charge < -0.3 is 16.8 Å². The topological polar surface area (TPSA) is 81.1 Å². The van der Waals surface area contributed by atoms with Gasteiger partial charge in [0.15, 0.2) is 0 Å². The van der Waals surface area contributed by atoms with Gasteiger partial charge in [-0.05, 0) is 29.8 Å². The Morgan fingerprint density at radius 2 is 1.95 bits per heavy atom. The van der Waals surface area contributed by atoms with Gasteiger partial charge in [0.1, 0.15) is 5.82 Å². The molecular formula is C14H14FN3O. The normalized spacial score (nSPS) is 10.2. The number of benzene rings is 2. The Bertz CT molecular complexity index is 613. The summed E-state index contributed by atoms with van der Waals surface area (Å²) < 4.78 is 13.3. The lowest BCUT2D eigenvalue weighted by molar-refractivity contribution is 0.0996. The molecule has 2 aromatic rings. The molecule has 0 aliphatic rings. The van der Waals surface area contributed by atoms with Crippen molar-refractivity contribution in [2.45, 2.75) is 6.54 Å². The number of primary amides is 1. The fourth-order valence-corrected chi connectivity index (χ4v) is 1.72. The fraction of sp³-hybridized carbons (Fsp3) is 0.0714. The van der Waals surface area contributed by atoms with Gasteiger partial charge in [-0.25, -0.2) is 4.39 Å². The molecule has 0 spiro atoms. The minimum absolute atomic E-state index is 0.133. The van der Waals surface area contributed by atoms with Crippen molar-refractivity contribution in [2.75, 3.05) is 11.1 Å². The third kappa shape index (κ3) is 3.01. The summed E-state index contributed by atoms with van der Waals surface area (Å²) in [7, 11) is 0. The summed E-state index contributed by atoms with van der Waals surface area (Å²) in [5.41, 5.74) is 13.0. The maximum Gasteiger partial charge on any atom is 0.251 e. The number of halogens is 1. The van der Waals surface area contributed by atoms with Crippen LogP contribution in [0, 0.1) is 5.82 Å². The Morgan fingerprint density at radius 3 is 2.63 bits per heavy atom. The standard InChI is InChI=1S/C14H14FN3O/c15-12-6-5-10(7-11(12)14(17)19)18-8-9-3-1-2-4-13(9)16/h1-7,18H,8,16H2,(H2,17,19).